The lowest BCUT2D eigenvalue weighted by Crippen LogP contribution is -2.42. The smallest absolute Gasteiger partial charge is 0.407 e. The molecule has 0 fully saturated rings. The highest BCUT2D eigenvalue weighted by Crippen LogP contribution is 2.44. The Hall–Kier alpha value is -4.99. The highest BCUT2D eigenvalue weighted by molar-refractivity contribution is 5.81. The summed E-state index contributed by atoms with van der Waals surface area (Å²) >= 11 is 0. The average molecular weight is 545 g/mol. The predicted molar refractivity (Wildman–Crippen MR) is 144 cm³/mol. The van der Waals surface area contributed by atoms with Crippen LogP contribution in [0.5, 0.6) is 17.4 Å². The number of carbonyl (C=O) groups is 2. The molecule has 10 nitrogen and oxygen atoms in total. The minimum Gasteiger partial charge on any atom is -0.497 e. The largest absolute Gasteiger partial charge is 0.497 e. The molecule has 2 N–H and O–H groups in total. The first-order valence-electron chi connectivity index (χ1n) is 12.6. The fraction of sp³-hybridized carbons (Fsp3) is 0.233. The number of carbonyl (C=O) groups excluding carboxylic acids is 1. The zero-order valence-corrected chi connectivity index (χ0v) is 22.0. The van der Waals surface area contributed by atoms with Gasteiger partial charge in [-0.25, -0.2) is 9.59 Å². The van der Waals surface area contributed by atoms with Gasteiger partial charge in [0.25, 0.3) is 5.88 Å². The van der Waals surface area contributed by atoms with Crippen molar-refractivity contribution in [1.29, 1.82) is 0 Å². The molecule has 0 radical (unpaired) electrons. The molecule has 1 aliphatic rings. The molecule has 1 amide bonds. The van der Waals surface area contributed by atoms with Crippen molar-refractivity contribution in [2.24, 2.45) is 0 Å². The van der Waals surface area contributed by atoms with Gasteiger partial charge in [-0.15, -0.1) is 0 Å². The van der Waals surface area contributed by atoms with Crippen LogP contribution in [0.3, 0.4) is 0 Å². The van der Waals surface area contributed by atoms with Gasteiger partial charge < -0.3 is 33.9 Å². The molecule has 0 spiro atoms. The standard InChI is InChI=1S/C30H28N2O8/c1-36-19-12-11-18(27(14-19)37-2)16-38-28-15-20(40-32-28)13-26(29(33)34)31-30(35)39-17-25-23-9-5-3-7-21(23)22-8-4-6-10-24(22)25/h3-12,14-15,25-26H,13,16-17H2,1-2H3,(H,31,35)(H,33,34)/t26-/m0/s1. The summed E-state index contributed by atoms with van der Waals surface area (Å²) in [4.78, 5) is 24.5. The summed E-state index contributed by atoms with van der Waals surface area (Å²) in [5.41, 5.74) is 5.09. The van der Waals surface area contributed by atoms with Crippen LogP contribution in [0, 0.1) is 0 Å². The second-order valence-corrected chi connectivity index (χ2v) is 9.16. The molecule has 1 aliphatic carbocycles. The first-order valence-corrected chi connectivity index (χ1v) is 12.6. The number of aromatic nitrogens is 1. The summed E-state index contributed by atoms with van der Waals surface area (Å²) < 4.78 is 27.0. The molecule has 40 heavy (non-hydrogen) atoms. The lowest BCUT2D eigenvalue weighted by atomic mass is 9.98. The first-order chi connectivity index (χ1) is 19.5. The summed E-state index contributed by atoms with van der Waals surface area (Å²) in [5.74, 6) is 0.241. The Balaban J connectivity index is 1.17. The number of hydrogen-bond acceptors (Lipinski definition) is 8. The van der Waals surface area contributed by atoms with E-state index in [2.05, 4.69) is 10.5 Å². The molecule has 0 unspecified atom stereocenters. The molecule has 206 valence electrons. The zero-order valence-electron chi connectivity index (χ0n) is 22.0. The number of carboxylic acids is 1. The molecule has 3 aromatic carbocycles. The van der Waals surface area contributed by atoms with Gasteiger partial charge in [0.1, 0.15) is 36.5 Å². The Morgan fingerprint density at radius 1 is 0.975 bits per heavy atom. The van der Waals surface area contributed by atoms with Gasteiger partial charge in [-0.05, 0) is 39.5 Å². The van der Waals surface area contributed by atoms with Crippen LogP contribution in [0.4, 0.5) is 4.79 Å². The van der Waals surface area contributed by atoms with Crippen molar-refractivity contribution in [2.45, 2.75) is 25.0 Å². The monoisotopic (exact) mass is 544 g/mol. The second-order valence-electron chi connectivity index (χ2n) is 9.16. The summed E-state index contributed by atoms with van der Waals surface area (Å²) in [6.45, 7) is 0.209. The first kappa shape index (κ1) is 26.6. The third kappa shape index (κ3) is 5.70. The molecule has 10 heteroatoms. The van der Waals surface area contributed by atoms with E-state index in [1.54, 1.807) is 32.4 Å². The van der Waals surface area contributed by atoms with Gasteiger partial charge in [-0.1, -0.05) is 48.5 Å². The Morgan fingerprint density at radius 3 is 2.33 bits per heavy atom. The fourth-order valence-corrected chi connectivity index (χ4v) is 4.76. The van der Waals surface area contributed by atoms with E-state index in [1.807, 2.05) is 48.5 Å². The molecule has 1 heterocycles. The van der Waals surface area contributed by atoms with Crippen molar-refractivity contribution < 1.29 is 38.2 Å². The number of methoxy groups -OCH3 is 2. The molecule has 0 saturated carbocycles. The average Bonchev–Trinajstić information content (AvgIpc) is 3.56. The Labute approximate surface area is 230 Å². The molecule has 5 rings (SSSR count). The highest BCUT2D eigenvalue weighted by Gasteiger charge is 2.30. The maximum Gasteiger partial charge on any atom is 0.407 e. The van der Waals surface area contributed by atoms with Crippen LogP contribution in [-0.2, 0) is 22.6 Å². The number of carboxylic acid groups (broad SMARTS) is 1. The maximum atomic E-state index is 12.6. The quantitative estimate of drug-likeness (QED) is 0.273. The normalized spacial score (nSPS) is 12.7. The predicted octanol–water partition coefficient (Wildman–Crippen LogP) is 4.81. The second kappa shape index (κ2) is 11.8. The Bertz CT molecular complexity index is 1470. The number of hydrogen-bond donors (Lipinski definition) is 2. The SMILES string of the molecule is COc1ccc(COc2cc(C[C@H](NC(=O)OCC3c4ccccc4-c4ccccc43)C(=O)O)on2)c(OC)c1. The number of ether oxygens (including phenoxy) is 4. The maximum absolute atomic E-state index is 12.6. The molecule has 0 saturated heterocycles. The highest BCUT2D eigenvalue weighted by atomic mass is 16.6. The van der Waals surface area contributed by atoms with Crippen molar-refractivity contribution in [3.8, 4) is 28.5 Å². The van der Waals surface area contributed by atoms with E-state index in [0.29, 0.717) is 11.5 Å². The van der Waals surface area contributed by atoms with Crippen molar-refractivity contribution in [3.63, 3.8) is 0 Å². The number of fused-ring (bicyclic) bond motifs is 3. The van der Waals surface area contributed by atoms with E-state index in [9.17, 15) is 14.7 Å². The van der Waals surface area contributed by atoms with Crippen molar-refractivity contribution in [3.05, 3.63) is 95.2 Å². The van der Waals surface area contributed by atoms with Crippen LogP contribution in [0.15, 0.2) is 77.3 Å². The van der Waals surface area contributed by atoms with Crippen LogP contribution in [0.2, 0.25) is 0 Å². The van der Waals surface area contributed by atoms with Crippen molar-refractivity contribution >= 4 is 12.1 Å². The Morgan fingerprint density at radius 2 is 1.68 bits per heavy atom. The summed E-state index contributed by atoms with van der Waals surface area (Å²) in [6.07, 6.45) is -0.987. The van der Waals surface area contributed by atoms with Gasteiger partial charge in [0, 0.05) is 30.0 Å². The van der Waals surface area contributed by atoms with E-state index < -0.39 is 18.1 Å². The van der Waals surface area contributed by atoms with Crippen molar-refractivity contribution in [1.82, 2.24) is 10.5 Å². The van der Waals surface area contributed by atoms with Crippen LogP contribution >= 0.6 is 0 Å². The lowest BCUT2D eigenvalue weighted by molar-refractivity contribution is -0.139. The number of aliphatic carboxylic acids is 1. The topological polar surface area (TPSA) is 129 Å². The van der Waals surface area contributed by atoms with Crippen LogP contribution in [0.25, 0.3) is 11.1 Å². The van der Waals surface area contributed by atoms with Crippen LogP contribution in [-0.4, -0.2) is 49.2 Å². The summed E-state index contributed by atoms with van der Waals surface area (Å²) in [7, 11) is 3.11. The minimum atomic E-state index is -1.29. The third-order valence-corrected chi connectivity index (χ3v) is 6.75. The molecule has 0 aliphatic heterocycles. The number of nitrogens with zero attached hydrogens (tertiary/aromatic N) is 1. The molecule has 4 aromatic rings. The van der Waals surface area contributed by atoms with Crippen molar-refractivity contribution in [2.75, 3.05) is 20.8 Å². The summed E-state index contributed by atoms with van der Waals surface area (Å²) in [5, 5.41) is 16.0. The number of alkyl carbamates (subject to hydrolysis) is 1. The lowest BCUT2D eigenvalue weighted by Gasteiger charge is -2.17. The van der Waals surface area contributed by atoms with Gasteiger partial charge in [0.05, 0.1) is 14.2 Å². The van der Waals surface area contributed by atoms with E-state index in [1.165, 1.54) is 6.07 Å². The van der Waals surface area contributed by atoms with E-state index in [-0.39, 0.29) is 37.2 Å². The van der Waals surface area contributed by atoms with Gasteiger partial charge in [0.15, 0.2) is 0 Å². The summed E-state index contributed by atoms with van der Waals surface area (Å²) in [6, 6.07) is 21.4. The van der Waals surface area contributed by atoms with Crippen LogP contribution < -0.4 is 19.5 Å². The van der Waals surface area contributed by atoms with Gasteiger partial charge in [-0.2, -0.15) is 0 Å². The van der Waals surface area contributed by atoms with E-state index in [0.717, 1.165) is 27.8 Å². The number of nitrogens with one attached hydrogen (secondary N) is 1. The molecule has 1 atom stereocenters. The van der Waals surface area contributed by atoms with Gasteiger partial charge in [0.2, 0.25) is 0 Å². The van der Waals surface area contributed by atoms with Gasteiger partial charge >= 0.3 is 12.1 Å². The van der Waals surface area contributed by atoms with E-state index in [4.69, 9.17) is 23.5 Å². The molecular weight excluding hydrogens is 516 g/mol. The molecular formula is C30H28N2O8. The van der Waals surface area contributed by atoms with Gasteiger partial charge in [-0.3, -0.25) is 0 Å². The third-order valence-electron chi connectivity index (χ3n) is 6.75. The zero-order chi connectivity index (χ0) is 28.1. The minimum absolute atomic E-state index is 0.0708. The Kier molecular flexibility index (Phi) is 7.86. The number of rotatable bonds is 11. The van der Waals surface area contributed by atoms with Crippen LogP contribution in [0.1, 0.15) is 28.4 Å². The number of amides is 1. The van der Waals surface area contributed by atoms with E-state index >= 15 is 0 Å². The fourth-order valence-electron chi connectivity index (χ4n) is 4.76. The molecule has 1 aromatic heterocycles. The number of benzene rings is 3. The molecule has 0 bridgehead atoms.